The van der Waals surface area contributed by atoms with E-state index < -0.39 is 0 Å². The van der Waals surface area contributed by atoms with Gasteiger partial charge in [0, 0.05) is 17.0 Å². The number of rotatable bonds is 5. The summed E-state index contributed by atoms with van der Waals surface area (Å²) in [6, 6.07) is 12.1. The van der Waals surface area contributed by atoms with Crippen LogP contribution in [0, 0.1) is 5.82 Å². The largest absolute Gasteiger partial charge is 0.497 e. The second-order valence-corrected chi connectivity index (χ2v) is 4.58. The molecule has 0 atom stereocenters. The van der Waals surface area contributed by atoms with Gasteiger partial charge in [-0.3, -0.25) is 0 Å². The van der Waals surface area contributed by atoms with Gasteiger partial charge in [0.05, 0.1) is 7.11 Å². The van der Waals surface area contributed by atoms with E-state index in [2.05, 4.69) is 15.9 Å². The molecule has 0 heterocycles. The Bertz CT molecular complexity index is 540. The molecule has 0 saturated carbocycles. The second-order valence-electron chi connectivity index (χ2n) is 4.02. The maximum Gasteiger partial charge on any atom is 0.126 e. The summed E-state index contributed by atoms with van der Waals surface area (Å²) in [4.78, 5) is 0. The van der Waals surface area contributed by atoms with Crippen molar-refractivity contribution in [3.05, 3.63) is 59.4 Å². The van der Waals surface area contributed by atoms with E-state index in [1.54, 1.807) is 13.2 Å². The Hall–Kier alpha value is -1.55. The molecule has 0 aromatic heterocycles. The van der Waals surface area contributed by atoms with E-state index in [-0.39, 0.29) is 5.82 Å². The van der Waals surface area contributed by atoms with Crippen LogP contribution in [0.5, 0.6) is 11.5 Å². The van der Waals surface area contributed by atoms with Gasteiger partial charge in [0.15, 0.2) is 0 Å². The number of benzene rings is 2. The fourth-order valence-corrected chi connectivity index (χ4v) is 2.12. The molecule has 0 unspecified atom stereocenters. The van der Waals surface area contributed by atoms with Crippen LogP contribution in [-0.2, 0) is 11.9 Å². The number of halogens is 2. The summed E-state index contributed by atoms with van der Waals surface area (Å²) in [7, 11) is 1.63. The van der Waals surface area contributed by atoms with Gasteiger partial charge in [-0.2, -0.15) is 0 Å². The molecule has 0 saturated heterocycles. The van der Waals surface area contributed by atoms with Crippen LogP contribution in [0.25, 0.3) is 0 Å². The molecule has 0 aliphatic carbocycles. The van der Waals surface area contributed by atoms with Crippen LogP contribution >= 0.6 is 15.9 Å². The first-order chi connectivity index (χ1) is 9.22. The highest BCUT2D eigenvalue weighted by molar-refractivity contribution is 9.08. The average molecular weight is 325 g/mol. The highest BCUT2D eigenvalue weighted by Crippen LogP contribution is 2.23. The minimum atomic E-state index is -0.297. The molecule has 2 aromatic rings. The van der Waals surface area contributed by atoms with Crippen molar-refractivity contribution in [1.82, 2.24) is 0 Å². The molecule has 4 heteroatoms. The highest BCUT2D eigenvalue weighted by atomic mass is 79.9. The molecule has 0 N–H and O–H groups in total. The van der Waals surface area contributed by atoms with Crippen LogP contribution in [0.2, 0.25) is 0 Å². The molecule has 0 aliphatic rings. The Morgan fingerprint density at radius 3 is 2.47 bits per heavy atom. The van der Waals surface area contributed by atoms with Crippen molar-refractivity contribution in [3.63, 3.8) is 0 Å². The molecular formula is C15H14BrFO2. The molecule has 19 heavy (non-hydrogen) atoms. The lowest BCUT2D eigenvalue weighted by molar-refractivity contribution is 0.302. The summed E-state index contributed by atoms with van der Waals surface area (Å²) in [5.41, 5.74) is 1.93. The topological polar surface area (TPSA) is 18.5 Å². The zero-order valence-electron chi connectivity index (χ0n) is 10.5. The van der Waals surface area contributed by atoms with Gasteiger partial charge in [-0.1, -0.05) is 34.1 Å². The molecule has 2 rings (SSSR count). The van der Waals surface area contributed by atoms with Crippen molar-refractivity contribution < 1.29 is 13.9 Å². The summed E-state index contributed by atoms with van der Waals surface area (Å²) in [6.07, 6.45) is 0. The van der Waals surface area contributed by atoms with Gasteiger partial charge in [-0.05, 0) is 23.8 Å². The van der Waals surface area contributed by atoms with E-state index in [9.17, 15) is 4.39 Å². The lowest BCUT2D eigenvalue weighted by atomic mass is 10.2. The van der Waals surface area contributed by atoms with Crippen LogP contribution in [0.1, 0.15) is 11.1 Å². The zero-order valence-corrected chi connectivity index (χ0v) is 12.1. The summed E-state index contributed by atoms with van der Waals surface area (Å²) in [5.74, 6) is 1.07. The van der Waals surface area contributed by atoms with E-state index in [1.807, 2.05) is 24.3 Å². The summed E-state index contributed by atoms with van der Waals surface area (Å²) in [5, 5.41) is 0.630. The second kappa shape index (κ2) is 6.57. The van der Waals surface area contributed by atoms with Gasteiger partial charge in [0.25, 0.3) is 0 Å². The van der Waals surface area contributed by atoms with Gasteiger partial charge in [0.2, 0.25) is 0 Å². The number of hydrogen-bond donors (Lipinski definition) is 0. The van der Waals surface area contributed by atoms with E-state index in [0.29, 0.717) is 17.7 Å². The van der Waals surface area contributed by atoms with Gasteiger partial charge in [0.1, 0.15) is 23.9 Å². The average Bonchev–Trinajstić information content (AvgIpc) is 2.46. The van der Waals surface area contributed by atoms with Crippen molar-refractivity contribution in [3.8, 4) is 11.5 Å². The van der Waals surface area contributed by atoms with Gasteiger partial charge in [-0.15, -0.1) is 0 Å². The standard InChI is InChI=1S/C15H14BrFO2/c1-18-14-6-2-11(3-7-14)10-19-15-8-13(17)5-4-12(15)9-16/h2-8H,9-10H2,1H3. The maximum absolute atomic E-state index is 13.2. The highest BCUT2D eigenvalue weighted by Gasteiger charge is 2.05. The molecular weight excluding hydrogens is 311 g/mol. The van der Waals surface area contributed by atoms with E-state index >= 15 is 0 Å². The molecule has 0 amide bonds. The fraction of sp³-hybridized carbons (Fsp3) is 0.200. The van der Waals surface area contributed by atoms with Gasteiger partial charge >= 0.3 is 0 Å². The molecule has 0 aliphatic heterocycles. The first kappa shape index (κ1) is 13.9. The molecule has 0 bridgehead atoms. The summed E-state index contributed by atoms with van der Waals surface area (Å²) in [6.45, 7) is 0.396. The normalized spacial score (nSPS) is 10.3. The van der Waals surface area contributed by atoms with Crippen molar-refractivity contribution in [2.24, 2.45) is 0 Å². The van der Waals surface area contributed by atoms with Crippen molar-refractivity contribution in [2.45, 2.75) is 11.9 Å². The third-order valence-electron chi connectivity index (χ3n) is 2.73. The van der Waals surface area contributed by atoms with E-state index in [1.165, 1.54) is 12.1 Å². The lowest BCUT2D eigenvalue weighted by Crippen LogP contribution is -1.98. The maximum atomic E-state index is 13.2. The van der Waals surface area contributed by atoms with E-state index in [4.69, 9.17) is 9.47 Å². The monoisotopic (exact) mass is 324 g/mol. The summed E-state index contributed by atoms with van der Waals surface area (Å²) >= 11 is 3.36. The predicted octanol–water partition coefficient (Wildman–Crippen LogP) is 4.31. The number of hydrogen-bond acceptors (Lipinski definition) is 2. The zero-order chi connectivity index (χ0) is 13.7. The predicted molar refractivity (Wildman–Crippen MR) is 76.4 cm³/mol. The minimum absolute atomic E-state index is 0.297. The molecule has 0 radical (unpaired) electrons. The van der Waals surface area contributed by atoms with Crippen LogP contribution in [0.3, 0.4) is 0 Å². The molecule has 0 spiro atoms. The van der Waals surface area contributed by atoms with Crippen LogP contribution < -0.4 is 9.47 Å². The van der Waals surface area contributed by atoms with Gasteiger partial charge < -0.3 is 9.47 Å². The Kier molecular flexibility index (Phi) is 4.80. The van der Waals surface area contributed by atoms with Crippen LogP contribution in [0.4, 0.5) is 4.39 Å². The Morgan fingerprint density at radius 2 is 1.84 bits per heavy atom. The van der Waals surface area contributed by atoms with Crippen LogP contribution in [0.15, 0.2) is 42.5 Å². The Labute approximate surface area is 120 Å². The molecule has 2 nitrogen and oxygen atoms in total. The van der Waals surface area contributed by atoms with Crippen molar-refractivity contribution in [2.75, 3.05) is 7.11 Å². The third-order valence-corrected chi connectivity index (χ3v) is 3.33. The number of ether oxygens (including phenoxy) is 2. The quantitative estimate of drug-likeness (QED) is 0.763. The third kappa shape index (κ3) is 3.70. The molecule has 100 valence electrons. The number of methoxy groups -OCH3 is 1. The lowest BCUT2D eigenvalue weighted by Gasteiger charge is -2.10. The minimum Gasteiger partial charge on any atom is -0.497 e. The smallest absolute Gasteiger partial charge is 0.126 e. The van der Waals surface area contributed by atoms with Crippen LogP contribution in [-0.4, -0.2) is 7.11 Å². The van der Waals surface area contributed by atoms with Crippen molar-refractivity contribution in [1.29, 1.82) is 0 Å². The Morgan fingerprint density at radius 1 is 1.11 bits per heavy atom. The fourth-order valence-electron chi connectivity index (χ4n) is 1.66. The van der Waals surface area contributed by atoms with E-state index in [0.717, 1.165) is 16.9 Å². The molecule has 2 aromatic carbocycles. The number of alkyl halides is 1. The first-order valence-electron chi connectivity index (χ1n) is 5.83. The van der Waals surface area contributed by atoms with Crippen molar-refractivity contribution >= 4 is 15.9 Å². The summed E-state index contributed by atoms with van der Waals surface area (Å²) < 4.78 is 23.9. The Balaban J connectivity index is 2.07. The first-order valence-corrected chi connectivity index (χ1v) is 6.95. The molecule has 0 fully saturated rings. The SMILES string of the molecule is COc1ccc(COc2cc(F)ccc2CBr)cc1. The van der Waals surface area contributed by atoms with Gasteiger partial charge in [-0.25, -0.2) is 4.39 Å².